The van der Waals surface area contributed by atoms with Crippen molar-refractivity contribution in [3.8, 4) is 0 Å². The minimum absolute atomic E-state index is 0.0849. The van der Waals surface area contributed by atoms with Crippen LogP contribution in [0.5, 0.6) is 0 Å². The maximum absolute atomic E-state index is 12.9. The van der Waals surface area contributed by atoms with Crippen molar-refractivity contribution >= 4 is 5.78 Å². The molecule has 1 aliphatic heterocycles. The number of hydrogen-bond donors (Lipinski definition) is 0. The van der Waals surface area contributed by atoms with Gasteiger partial charge in [0.1, 0.15) is 5.82 Å². The van der Waals surface area contributed by atoms with Gasteiger partial charge in [-0.1, -0.05) is 30.3 Å². The van der Waals surface area contributed by atoms with Crippen molar-refractivity contribution < 1.29 is 9.18 Å². The van der Waals surface area contributed by atoms with E-state index in [1.165, 1.54) is 17.7 Å². The Morgan fingerprint density at radius 3 is 2.17 bits per heavy atom. The molecule has 0 aromatic heterocycles. The first kappa shape index (κ1) is 16.8. The zero-order valence-corrected chi connectivity index (χ0v) is 13.8. The third-order valence-electron chi connectivity index (χ3n) is 4.54. The summed E-state index contributed by atoms with van der Waals surface area (Å²) in [6, 6.07) is 16.3. The summed E-state index contributed by atoms with van der Waals surface area (Å²) in [4.78, 5) is 16.9. The van der Waals surface area contributed by atoms with Gasteiger partial charge in [0, 0.05) is 51.3 Å². The Morgan fingerprint density at radius 1 is 0.875 bits per heavy atom. The molecule has 24 heavy (non-hydrogen) atoms. The Kier molecular flexibility index (Phi) is 5.72. The Bertz CT molecular complexity index is 649. The van der Waals surface area contributed by atoms with Crippen LogP contribution in [-0.2, 0) is 6.54 Å². The topological polar surface area (TPSA) is 23.6 Å². The molecule has 4 heteroatoms. The molecule has 126 valence electrons. The smallest absolute Gasteiger partial charge is 0.164 e. The van der Waals surface area contributed by atoms with Gasteiger partial charge in [-0.05, 0) is 29.8 Å². The monoisotopic (exact) mass is 326 g/mol. The van der Waals surface area contributed by atoms with E-state index in [0.717, 1.165) is 39.3 Å². The summed E-state index contributed by atoms with van der Waals surface area (Å²) in [5.41, 5.74) is 1.94. The Labute approximate surface area is 142 Å². The lowest BCUT2D eigenvalue weighted by Crippen LogP contribution is -2.46. The summed E-state index contributed by atoms with van der Waals surface area (Å²) in [6.45, 7) is 5.80. The van der Waals surface area contributed by atoms with Crippen LogP contribution in [0.2, 0.25) is 0 Å². The van der Waals surface area contributed by atoms with Gasteiger partial charge in [0.25, 0.3) is 0 Å². The van der Waals surface area contributed by atoms with Crippen LogP contribution >= 0.6 is 0 Å². The fourth-order valence-corrected chi connectivity index (χ4v) is 3.05. The minimum atomic E-state index is -0.305. The largest absolute Gasteiger partial charge is 0.300 e. The van der Waals surface area contributed by atoms with Gasteiger partial charge in [0.05, 0.1) is 0 Å². The molecule has 0 unspecified atom stereocenters. The van der Waals surface area contributed by atoms with Crippen LogP contribution in [0.3, 0.4) is 0 Å². The maximum atomic E-state index is 12.9. The van der Waals surface area contributed by atoms with Gasteiger partial charge >= 0.3 is 0 Å². The van der Waals surface area contributed by atoms with Crippen LogP contribution in [0, 0.1) is 5.82 Å². The number of halogens is 1. The molecule has 1 fully saturated rings. The third kappa shape index (κ3) is 4.73. The maximum Gasteiger partial charge on any atom is 0.164 e. The first-order chi connectivity index (χ1) is 11.7. The van der Waals surface area contributed by atoms with Gasteiger partial charge in [-0.3, -0.25) is 9.69 Å². The van der Waals surface area contributed by atoms with Crippen molar-refractivity contribution in [3.05, 3.63) is 71.5 Å². The average Bonchev–Trinajstić information content (AvgIpc) is 2.62. The number of hydrogen-bond acceptors (Lipinski definition) is 3. The molecular weight excluding hydrogens is 303 g/mol. The van der Waals surface area contributed by atoms with Gasteiger partial charge in [-0.2, -0.15) is 0 Å². The van der Waals surface area contributed by atoms with E-state index in [1.54, 1.807) is 12.1 Å². The van der Waals surface area contributed by atoms with E-state index in [2.05, 4.69) is 34.1 Å². The Morgan fingerprint density at radius 2 is 1.50 bits per heavy atom. The lowest BCUT2D eigenvalue weighted by Gasteiger charge is -2.34. The minimum Gasteiger partial charge on any atom is -0.300 e. The second-order valence-electron chi connectivity index (χ2n) is 6.28. The molecule has 1 saturated heterocycles. The summed E-state index contributed by atoms with van der Waals surface area (Å²) in [7, 11) is 0. The molecule has 3 nitrogen and oxygen atoms in total. The molecular formula is C20H23FN2O. The summed E-state index contributed by atoms with van der Waals surface area (Å²) in [6.07, 6.45) is 0.490. The molecule has 0 amide bonds. The first-order valence-electron chi connectivity index (χ1n) is 8.48. The quantitative estimate of drug-likeness (QED) is 0.762. The molecule has 1 heterocycles. The highest BCUT2D eigenvalue weighted by Crippen LogP contribution is 2.10. The lowest BCUT2D eigenvalue weighted by molar-refractivity contribution is 0.0922. The van der Waals surface area contributed by atoms with Crippen molar-refractivity contribution in [2.24, 2.45) is 0 Å². The number of rotatable bonds is 6. The van der Waals surface area contributed by atoms with E-state index in [9.17, 15) is 9.18 Å². The zero-order chi connectivity index (χ0) is 16.8. The molecule has 1 aliphatic rings. The highest BCUT2D eigenvalue weighted by atomic mass is 19.1. The molecule has 3 rings (SSSR count). The normalized spacial score (nSPS) is 16.2. The molecule has 0 bridgehead atoms. The zero-order valence-electron chi connectivity index (χ0n) is 13.8. The van der Waals surface area contributed by atoms with E-state index >= 15 is 0 Å². The molecule has 2 aromatic rings. The summed E-state index contributed by atoms with van der Waals surface area (Å²) < 4.78 is 12.9. The van der Waals surface area contributed by atoms with Crippen molar-refractivity contribution in [1.82, 2.24) is 9.80 Å². The van der Waals surface area contributed by atoms with E-state index < -0.39 is 0 Å². The van der Waals surface area contributed by atoms with Crippen molar-refractivity contribution in [1.29, 1.82) is 0 Å². The van der Waals surface area contributed by atoms with Gasteiger partial charge in [-0.25, -0.2) is 4.39 Å². The van der Waals surface area contributed by atoms with E-state index in [-0.39, 0.29) is 11.6 Å². The SMILES string of the molecule is O=C(CCN1CCN(Cc2ccccc2)CC1)c1ccc(F)cc1. The second kappa shape index (κ2) is 8.18. The number of benzene rings is 2. The molecule has 0 spiro atoms. The van der Waals surface area contributed by atoms with E-state index in [1.807, 2.05) is 6.07 Å². The molecule has 0 aliphatic carbocycles. The Hall–Kier alpha value is -2.04. The molecule has 0 N–H and O–H groups in total. The number of carbonyl (C=O) groups excluding carboxylic acids is 1. The predicted molar refractivity (Wildman–Crippen MR) is 93.5 cm³/mol. The van der Waals surface area contributed by atoms with Crippen LogP contribution in [0.1, 0.15) is 22.3 Å². The lowest BCUT2D eigenvalue weighted by atomic mass is 10.1. The number of piperazine rings is 1. The summed E-state index contributed by atoms with van der Waals surface area (Å²) in [5.74, 6) is -0.220. The van der Waals surface area contributed by atoms with Crippen molar-refractivity contribution in [3.63, 3.8) is 0 Å². The van der Waals surface area contributed by atoms with Crippen LogP contribution < -0.4 is 0 Å². The number of ketones is 1. The molecule has 0 radical (unpaired) electrons. The van der Waals surface area contributed by atoms with Crippen LogP contribution in [0.25, 0.3) is 0 Å². The molecule has 0 atom stereocenters. The van der Waals surface area contributed by atoms with E-state index in [4.69, 9.17) is 0 Å². The number of Topliss-reactive ketones (excluding diaryl/α,β-unsaturated/α-hetero) is 1. The highest BCUT2D eigenvalue weighted by Gasteiger charge is 2.17. The van der Waals surface area contributed by atoms with Gasteiger partial charge < -0.3 is 4.90 Å². The fraction of sp³-hybridized carbons (Fsp3) is 0.350. The standard InChI is InChI=1S/C20H23FN2O/c21-19-8-6-18(7-9-19)20(24)10-11-22-12-14-23(15-13-22)16-17-4-2-1-3-5-17/h1-9H,10-16H2. The van der Waals surface area contributed by atoms with Crippen LogP contribution in [0.15, 0.2) is 54.6 Å². The highest BCUT2D eigenvalue weighted by molar-refractivity contribution is 5.96. The fourth-order valence-electron chi connectivity index (χ4n) is 3.05. The first-order valence-corrected chi connectivity index (χ1v) is 8.48. The van der Waals surface area contributed by atoms with Crippen LogP contribution in [-0.4, -0.2) is 48.3 Å². The number of carbonyl (C=O) groups is 1. The number of nitrogens with zero attached hydrogens (tertiary/aromatic N) is 2. The van der Waals surface area contributed by atoms with Crippen LogP contribution in [0.4, 0.5) is 4.39 Å². The average molecular weight is 326 g/mol. The predicted octanol–water partition coefficient (Wildman–Crippen LogP) is 3.22. The van der Waals surface area contributed by atoms with Gasteiger partial charge in [-0.15, -0.1) is 0 Å². The Balaban J connectivity index is 1.41. The van der Waals surface area contributed by atoms with Crippen molar-refractivity contribution in [2.45, 2.75) is 13.0 Å². The van der Waals surface area contributed by atoms with Crippen molar-refractivity contribution in [2.75, 3.05) is 32.7 Å². The molecule has 2 aromatic carbocycles. The molecule has 0 saturated carbocycles. The van der Waals surface area contributed by atoms with Gasteiger partial charge in [0.15, 0.2) is 5.78 Å². The third-order valence-corrected chi connectivity index (χ3v) is 4.54. The summed E-state index contributed by atoms with van der Waals surface area (Å²) >= 11 is 0. The second-order valence-corrected chi connectivity index (χ2v) is 6.28. The van der Waals surface area contributed by atoms with E-state index in [0.29, 0.717) is 12.0 Å². The van der Waals surface area contributed by atoms with Gasteiger partial charge in [0.2, 0.25) is 0 Å². The summed E-state index contributed by atoms with van der Waals surface area (Å²) in [5, 5.41) is 0.